The van der Waals surface area contributed by atoms with Crippen LogP contribution >= 0.6 is 15.9 Å². The van der Waals surface area contributed by atoms with Gasteiger partial charge < -0.3 is 4.74 Å². The largest absolute Gasteiger partial charge is 0.483 e. The van der Waals surface area contributed by atoms with E-state index in [-0.39, 0.29) is 23.7 Å². The Morgan fingerprint density at radius 3 is 2.75 bits per heavy atom. The summed E-state index contributed by atoms with van der Waals surface area (Å²) in [5.41, 5.74) is 4.29. The van der Waals surface area contributed by atoms with E-state index < -0.39 is 0 Å². The number of Topliss-reactive ketones (excluding diaryl/α,β-unsaturated/α-hetero) is 1. The first-order valence-corrected chi connectivity index (χ1v) is 8.85. The second-order valence-electron chi connectivity index (χ2n) is 6.85. The lowest BCUT2D eigenvalue weighted by Crippen LogP contribution is -2.32. The lowest BCUT2D eigenvalue weighted by Gasteiger charge is -2.28. The number of halogens is 1. The van der Waals surface area contributed by atoms with Gasteiger partial charge >= 0.3 is 0 Å². The van der Waals surface area contributed by atoms with Crippen molar-refractivity contribution in [3.63, 3.8) is 0 Å². The summed E-state index contributed by atoms with van der Waals surface area (Å²) in [5, 5.41) is 4.10. The van der Waals surface area contributed by atoms with Crippen molar-refractivity contribution in [3.05, 3.63) is 28.2 Å². The van der Waals surface area contributed by atoms with Gasteiger partial charge in [0.05, 0.1) is 4.47 Å². The molecular weight excluding hydrogens is 372 g/mol. The van der Waals surface area contributed by atoms with Crippen LogP contribution in [0.15, 0.2) is 27.8 Å². The van der Waals surface area contributed by atoms with Crippen molar-refractivity contribution in [1.82, 2.24) is 5.43 Å². The van der Waals surface area contributed by atoms with E-state index in [1.165, 1.54) is 5.56 Å². The fraction of sp³-hybridized carbons (Fsp3) is 0.500. The first-order valence-electron chi connectivity index (χ1n) is 8.06. The van der Waals surface area contributed by atoms with Crippen LogP contribution in [-0.4, -0.2) is 24.0 Å². The van der Waals surface area contributed by atoms with Crippen molar-refractivity contribution in [1.29, 1.82) is 0 Å². The van der Waals surface area contributed by atoms with Gasteiger partial charge in [0.15, 0.2) is 6.61 Å². The number of ketones is 1. The summed E-state index contributed by atoms with van der Waals surface area (Å²) in [5.74, 6) is 0.434. The van der Waals surface area contributed by atoms with E-state index in [1.807, 2.05) is 32.0 Å². The van der Waals surface area contributed by atoms with E-state index in [0.717, 1.165) is 16.6 Å². The summed E-state index contributed by atoms with van der Waals surface area (Å²) in [6.45, 7) is 6.01. The van der Waals surface area contributed by atoms with Crippen LogP contribution in [0.25, 0.3) is 0 Å². The third kappa shape index (κ3) is 5.44. The molecule has 0 heterocycles. The molecule has 5 nitrogen and oxygen atoms in total. The number of hydrogen-bond acceptors (Lipinski definition) is 4. The Labute approximate surface area is 151 Å². The third-order valence-electron chi connectivity index (χ3n) is 3.86. The maximum Gasteiger partial charge on any atom is 0.277 e. The average Bonchev–Trinajstić information content (AvgIpc) is 2.49. The van der Waals surface area contributed by atoms with Gasteiger partial charge in [-0.2, -0.15) is 5.10 Å². The van der Waals surface area contributed by atoms with Crippen LogP contribution in [0.1, 0.15) is 45.6 Å². The van der Waals surface area contributed by atoms with E-state index in [2.05, 4.69) is 33.4 Å². The zero-order chi connectivity index (χ0) is 17.7. The van der Waals surface area contributed by atoms with Crippen LogP contribution < -0.4 is 10.2 Å². The van der Waals surface area contributed by atoms with Crippen LogP contribution in [0.4, 0.5) is 0 Å². The Morgan fingerprint density at radius 2 is 2.12 bits per heavy atom. The number of nitrogens with zero attached hydrogens (tertiary/aromatic N) is 1. The number of hydrogen-bond donors (Lipinski definition) is 1. The summed E-state index contributed by atoms with van der Waals surface area (Å²) in [7, 11) is 0. The molecule has 0 radical (unpaired) electrons. The van der Waals surface area contributed by atoms with E-state index in [1.54, 1.807) is 0 Å². The van der Waals surface area contributed by atoms with Crippen molar-refractivity contribution < 1.29 is 14.3 Å². The van der Waals surface area contributed by atoms with Crippen LogP contribution in [0, 0.1) is 5.41 Å². The normalized spacial score (nSPS) is 18.5. The molecule has 130 valence electrons. The van der Waals surface area contributed by atoms with Gasteiger partial charge in [0.2, 0.25) is 0 Å². The highest BCUT2D eigenvalue weighted by Crippen LogP contribution is 2.31. The maximum absolute atomic E-state index is 11.9. The van der Waals surface area contributed by atoms with Gasteiger partial charge in [0, 0.05) is 18.6 Å². The molecule has 1 aliphatic rings. The van der Waals surface area contributed by atoms with E-state index in [0.29, 0.717) is 25.0 Å². The number of carbonyl (C=O) groups is 2. The van der Waals surface area contributed by atoms with Crippen molar-refractivity contribution in [3.8, 4) is 5.75 Å². The topological polar surface area (TPSA) is 67.8 Å². The van der Waals surface area contributed by atoms with Gasteiger partial charge in [-0.3, -0.25) is 9.59 Å². The molecule has 0 aromatic heterocycles. The lowest BCUT2D eigenvalue weighted by molar-refractivity contribution is -0.123. The van der Waals surface area contributed by atoms with E-state index >= 15 is 0 Å². The fourth-order valence-electron chi connectivity index (χ4n) is 2.78. The maximum atomic E-state index is 11.9. The van der Waals surface area contributed by atoms with Crippen molar-refractivity contribution in [2.75, 3.05) is 6.61 Å². The average molecular weight is 395 g/mol. The first-order chi connectivity index (χ1) is 11.3. The molecule has 1 aromatic carbocycles. The Bertz CT molecular complexity index is 668. The van der Waals surface area contributed by atoms with Crippen molar-refractivity contribution in [2.45, 2.75) is 46.5 Å². The van der Waals surface area contributed by atoms with Crippen molar-refractivity contribution in [2.24, 2.45) is 10.5 Å². The second-order valence-corrected chi connectivity index (χ2v) is 7.71. The minimum Gasteiger partial charge on any atom is -0.483 e. The van der Waals surface area contributed by atoms with Crippen molar-refractivity contribution >= 4 is 33.3 Å². The molecule has 1 aliphatic carbocycles. The molecule has 0 spiro atoms. The molecule has 24 heavy (non-hydrogen) atoms. The van der Waals surface area contributed by atoms with Gasteiger partial charge in [-0.1, -0.05) is 26.8 Å². The zero-order valence-electron chi connectivity index (χ0n) is 14.3. The molecule has 1 aromatic rings. The van der Waals surface area contributed by atoms with E-state index in [4.69, 9.17) is 4.74 Å². The molecule has 0 saturated heterocycles. The number of rotatable bonds is 5. The van der Waals surface area contributed by atoms with Crippen LogP contribution in [0.3, 0.4) is 0 Å². The number of hydrazone groups is 1. The van der Waals surface area contributed by atoms with Crippen LogP contribution in [0.2, 0.25) is 0 Å². The zero-order valence-corrected chi connectivity index (χ0v) is 15.9. The predicted molar refractivity (Wildman–Crippen MR) is 97.2 cm³/mol. The number of aryl methyl sites for hydroxylation is 1. The molecule has 2 rings (SSSR count). The van der Waals surface area contributed by atoms with Gasteiger partial charge in [-0.15, -0.1) is 0 Å². The Kier molecular flexibility index (Phi) is 6.15. The van der Waals surface area contributed by atoms with Gasteiger partial charge in [0.25, 0.3) is 5.91 Å². The van der Waals surface area contributed by atoms with Gasteiger partial charge in [-0.25, -0.2) is 5.43 Å². The van der Waals surface area contributed by atoms with Crippen LogP contribution in [-0.2, 0) is 16.0 Å². The molecule has 0 unspecified atom stereocenters. The molecule has 1 N–H and O–H groups in total. The fourth-order valence-corrected chi connectivity index (χ4v) is 3.32. The summed E-state index contributed by atoms with van der Waals surface area (Å²) in [6, 6.07) is 5.78. The molecule has 1 saturated carbocycles. The minimum atomic E-state index is -0.343. The lowest BCUT2D eigenvalue weighted by atomic mass is 9.76. The predicted octanol–water partition coefficient (Wildman–Crippen LogP) is 3.64. The van der Waals surface area contributed by atoms with Crippen LogP contribution in [0.5, 0.6) is 5.75 Å². The Morgan fingerprint density at radius 1 is 1.38 bits per heavy atom. The van der Waals surface area contributed by atoms with Gasteiger partial charge in [-0.05, 0) is 51.9 Å². The Balaban J connectivity index is 1.87. The summed E-state index contributed by atoms with van der Waals surface area (Å²) < 4.78 is 6.32. The number of ether oxygens (including phenoxy) is 1. The monoisotopic (exact) mass is 394 g/mol. The molecule has 0 bridgehead atoms. The number of benzene rings is 1. The molecule has 1 fully saturated rings. The highest BCUT2D eigenvalue weighted by molar-refractivity contribution is 9.10. The molecular formula is C18H23BrN2O3. The standard InChI is InChI=1S/C18H23BrN2O3/c1-4-12-5-6-16(15(19)7-12)24-11-17(23)21-20-13-8-14(22)10-18(2,3)9-13/h5-7H,4,8-11H2,1-3H3,(H,21,23). The molecule has 0 aliphatic heterocycles. The first kappa shape index (κ1) is 18.6. The number of amides is 1. The molecule has 1 amide bonds. The molecule has 0 atom stereocenters. The quantitative estimate of drug-likeness (QED) is 0.774. The highest BCUT2D eigenvalue weighted by Gasteiger charge is 2.30. The van der Waals surface area contributed by atoms with E-state index in [9.17, 15) is 9.59 Å². The Hall–Kier alpha value is -1.69. The third-order valence-corrected chi connectivity index (χ3v) is 4.48. The van der Waals surface area contributed by atoms with Gasteiger partial charge in [0.1, 0.15) is 11.5 Å². The summed E-state index contributed by atoms with van der Waals surface area (Å²) in [4.78, 5) is 23.6. The molecule has 6 heteroatoms. The minimum absolute atomic E-state index is 0.0960. The SMILES string of the molecule is CCc1ccc(OCC(=O)NN=C2CC(=O)CC(C)(C)C2)c(Br)c1. The smallest absolute Gasteiger partial charge is 0.277 e. The number of nitrogens with one attached hydrogen (secondary N) is 1. The summed E-state index contributed by atoms with van der Waals surface area (Å²) >= 11 is 3.44. The second kappa shape index (κ2) is 7.92. The number of carbonyl (C=O) groups excluding carboxylic acids is 2. The highest BCUT2D eigenvalue weighted by atomic mass is 79.9. The summed E-state index contributed by atoms with van der Waals surface area (Å²) in [6.07, 6.45) is 2.52.